The van der Waals surface area contributed by atoms with Crippen molar-refractivity contribution in [3.8, 4) is 0 Å². The van der Waals surface area contributed by atoms with E-state index in [4.69, 9.17) is 0 Å². The van der Waals surface area contributed by atoms with E-state index in [0.717, 1.165) is 5.92 Å². The van der Waals surface area contributed by atoms with E-state index in [9.17, 15) is 0 Å². The summed E-state index contributed by atoms with van der Waals surface area (Å²) >= 11 is 0. The normalized spacial score (nSPS) is 24.9. The van der Waals surface area contributed by atoms with Crippen molar-refractivity contribution >= 4 is 0 Å². The fourth-order valence-corrected chi connectivity index (χ4v) is 1.63. The molecule has 0 saturated heterocycles. The Morgan fingerprint density at radius 2 is 2.08 bits per heavy atom. The van der Waals surface area contributed by atoms with E-state index >= 15 is 0 Å². The van der Waals surface area contributed by atoms with Gasteiger partial charge < -0.3 is 0 Å². The molecule has 1 aliphatic rings. The molecule has 0 aromatic heterocycles. The van der Waals surface area contributed by atoms with Gasteiger partial charge in [-0.3, -0.25) is 0 Å². The molecule has 68 valence electrons. The van der Waals surface area contributed by atoms with Crippen LogP contribution < -0.4 is 0 Å². The van der Waals surface area contributed by atoms with Gasteiger partial charge in [0.15, 0.2) is 0 Å². The highest BCUT2D eigenvalue weighted by molar-refractivity contribution is 5.26. The van der Waals surface area contributed by atoms with Gasteiger partial charge in [-0.15, -0.1) is 0 Å². The lowest BCUT2D eigenvalue weighted by atomic mass is 9.99. The minimum Gasteiger partial charge on any atom is -0.0782 e. The van der Waals surface area contributed by atoms with Crippen LogP contribution in [-0.4, -0.2) is 0 Å². The van der Waals surface area contributed by atoms with Gasteiger partial charge in [-0.05, 0) is 37.2 Å². The second kappa shape index (κ2) is 3.93. The van der Waals surface area contributed by atoms with Crippen molar-refractivity contribution < 1.29 is 0 Å². The molecule has 0 saturated carbocycles. The first-order valence-corrected chi connectivity index (χ1v) is 4.98. The van der Waals surface area contributed by atoms with Crippen LogP contribution in [0.2, 0.25) is 0 Å². The molecule has 0 heterocycles. The van der Waals surface area contributed by atoms with E-state index in [1.807, 2.05) is 0 Å². The highest BCUT2D eigenvalue weighted by Gasteiger charge is 2.08. The van der Waals surface area contributed by atoms with Crippen molar-refractivity contribution in [2.24, 2.45) is 11.8 Å². The first-order valence-electron chi connectivity index (χ1n) is 4.98. The predicted molar refractivity (Wildman–Crippen MR) is 55.1 cm³/mol. The first kappa shape index (κ1) is 9.57. The van der Waals surface area contributed by atoms with E-state index in [-0.39, 0.29) is 0 Å². The summed E-state index contributed by atoms with van der Waals surface area (Å²) < 4.78 is 0. The van der Waals surface area contributed by atoms with E-state index in [1.165, 1.54) is 18.4 Å². The third-order valence-corrected chi connectivity index (χ3v) is 2.55. The van der Waals surface area contributed by atoms with Crippen molar-refractivity contribution in [2.75, 3.05) is 0 Å². The van der Waals surface area contributed by atoms with E-state index in [1.54, 1.807) is 5.57 Å². The molecule has 0 aromatic rings. The zero-order valence-corrected chi connectivity index (χ0v) is 8.72. The van der Waals surface area contributed by atoms with Crippen LogP contribution in [0, 0.1) is 11.8 Å². The lowest BCUT2D eigenvalue weighted by Gasteiger charge is -2.07. The van der Waals surface area contributed by atoms with Gasteiger partial charge in [-0.2, -0.15) is 0 Å². The van der Waals surface area contributed by atoms with Crippen LogP contribution in [-0.2, 0) is 0 Å². The molecule has 1 atom stereocenters. The van der Waals surface area contributed by atoms with Crippen LogP contribution in [0.3, 0.4) is 0 Å². The number of rotatable bonds is 1. The van der Waals surface area contributed by atoms with Crippen LogP contribution in [0.5, 0.6) is 0 Å². The second-order valence-electron chi connectivity index (χ2n) is 4.33. The maximum absolute atomic E-state index is 2.43. The molecule has 0 aromatic carbocycles. The molecule has 0 bridgehead atoms. The van der Waals surface area contributed by atoms with Crippen molar-refractivity contribution in [3.05, 3.63) is 23.3 Å². The van der Waals surface area contributed by atoms with Gasteiger partial charge in [0.1, 0.15) is 0 Å². The summed E-state index contributed by atoms with van der Waals surface area (Å²) in [6, 6.07) is 0. The van der Waals surface area contributed by atoms with Crippen LogP contribution in [0.4, 0.5) is 0 Å². The van der Waals surface area contributed by atoms with Gasteiger partial charge >= 0.3 is 0 Å². The number of hydrogen-bond acceptors (Lipinski definition) is 0. The smallest absolute Gasteiger partial charge is 0.0222 e. The Labute approximate surface area is 76.4 Å². The molecule has 12 heavy (non-hydrogen) atoms. The average Bonchev–Trinajstić information content (AvgIpc) is 2.13. The summed E-state index contributed by atoms with van der Waals surface area (Å²) in [5.41, 5.74) is 3.07. The van der Waals surface area contributed by atoms with Crippen LogP contribution >= 0.6 is 0 Å². The third kappa shape index (κ3) is 2.51. The van der Waals surface area contributed by atoms with Crippen LogP contribution in [0.1, 0.15) is 40.5 Å². The fraction of sp³-hybridized carbons (Fsp3) is 0.667. The maximum atomic E-state index is 2.43. The fourth-order valence-electron chi connectivity index (χ4n) is 1.63. The lowest BCUT2D eigenvalue weighted by molar-refractivity contribution is 0.643. The molecule has 1 aliphatic carbocycles. The predicted octanol–water partition coefficient (Wildman–Crippen LogP) is 3.95. The molecule has 1 unspecified atom stereocenters. The molecular formula is C12H20. The van der Waals surface area contributed by atoms with Gasteiger partial charge in [0.05, 0.1) is 0 Å². The Kier molecular flexibility index (Phi) is 3.13. The quantitative estimate of drug-likeness (QED) is 0.550. The number of allylic oxidation sites excluding steroid dienone is 4. The van der Waals surface area contributed by atoms with Gasteiger partial charge in [-0.1, -0.05) is 38.5 Å². The minimum absolute atomic E-state index is 0.681. The Bertz CT molecular complexity index is 206. The SMILES string of the molecule is CC1=CC(C(C)C)=CC(C)CC1. The highest BCUT2D eigenvalue weighted by Crippen LogP contribution is 2.24. The average molecular weight is 164 g/mol. The largest absolute Gasteiger partial charge is 0.0782 e. The molecule has 0 nitrogen and oxygen atoms in total. The molecule has 0 N–H and O–H groups in total. The van der Waals surface area contributed by atoms with Crippen molar-refractivity contribution in [1.82, 2.24) is 0 Å². The van der Waals surface area contributed by atoms with Crippen molar-refractivity contribution in [2.45, 2.75) is 40.5 Å². The Morgan fingerprint density at radius 1 is 1.42 bits per heavy atom. The third-order valence-electron chi connectivity index (χ3n) is 2.55. The molecule has 0 radical (unpaired) electrons. The summed E-state index contributed by atoms with van der Waals surface area (Å²) in [4.78, 5) is 0. The molecule has 1 rings (SSSR count). The first-order chi connectivity index (χ1) is 5.59. The molecule has 0 spiro atoms. The van der Waals surface area contributed by atoms with Crippen LogP contribution in [0.15, 0.2) is 23.3 Å². The maximum Gasteiger partial charge on any atom is -0.0222 e. The molecule has 0 amide bonds. The topological polar surface area (TPSA) is 0 Å². The molecule has 0 heteroatoms. The van der Waals surface area contributed by atoms with Gasteiger partial charge in [-0.25, -0.2) is 0 Å². The monoisotopic (exact) mass is 164 g/mol. The standard InChI is InChI=1S/C12H20/c1-9(2)12-7-10(3)5-6-11(4)8-12/h7-10H,5-6H2,1-4H3. The lowest BCUT2D eigenvalue weighted by Crippen LogP contribution is -1.93. The summed E-state index contributed by atoms with van der Waals surface area (Å²) in [6.45, 7) is 9.10. The Balaban J connectivity index is 2.83. The van der Waals surface area contributed by atoms with Gasteiger partial charge in [0.25, 0.3) is 0 Å². The molecular weight excluding hydrogens is 144 g/mol. The van der Waals surface area contributed by atoms with Crippen LogP contribution in [0.25, 0.3) is 0 Å². The van der Waals surface area contributed by atoms with E-state index in [2.05, 4.69) is 39.8 Å². The minimum atomic E-state index is 0.681. The molecule has 0 aliphatic heterocycles. The molecule has 0 fully saturated rings. The Morgan fingerprint density at radius 3 is 2.67 bits per heavy atom. The zero-order chi connectivity index (χ0) is 9.14. The van der Waals surface area contributed by atoms with E-state index in [0.29, 0.717) is 5.92 Å². The summed E-state index contributed by atoms with van der Waals surface area (Å²) in [5, 5.41) is 0. The van der Waals surface area contributed by atoms with E-state index < -0.39 is 0 Å². The number of hydrogen-bond donors (Lipinski definition) is 0. The summed E-state index contributed by atoms with van der Waals surface area (Å²) in [5.74, 6) is 1.44. The highest BCUT2D eigenvalue weighted by atomic mass is 14.1. The van der Waals surface area contributed by atoms with Crippen molar-refractivity contribution in [1.29, 1.82) is 0 Å². The summed E-state index contributed by atoms with van der Waals surface area (Å²) in [6.07, 6.45) is 7.39. The van der Waals surface area contributed by atoms with Gasteiger partial charge in [0, 0.05) is 0 Å². The zero-order valence-electron chi connectivity index (χ0n) is 8.72. The van der Waals surface area contributed by atoms with Gasteiger partial charge in [0.2, 0.25) is 0 Å². The Hall–Kier alpha value is -0.520. The summed E-state index contributed by atoms with van der Waals surface area (Å²) in [7, 11) is 0. The van der Waals surface area contributed by atoms with Crippen molar-refractivity contribution in [3.63, 3.8) is 0 Å². The second-order valence-corrected chi connectivity index (χ2v) is 4.33.